The van der Waals surface area contributed by atoms with Gasteiger partial charge in [-0.25, -0.2) is 9.67 Å². The van der Waals surface area contributed by atoms with Crippen molar-refractivity contribution in [3.05, 3.63) is 35.8 Å². The molecule has 2 heterocycles. The van der Waals surface area contributed by atoms with Gasteiger partial charge in [0.2, 0.25) is 0 Å². The van der Waals surface area contributed by atoms with E-state index in [1.54, 1.807) is 23.1 Å². The molecule has 2 aromatic rings. The summed E-state index contributed by atoms with van der Waals surface area (Å²) in [5.41, 5.74) is 6.76. The van der Waals surface area contributed by atoms with Crippen LogP contribution in [0.25, 0.3) is 0 Å². The van der Waals surface area contributed by atoms with E-state index in [9.17, 15) is 0 Å². The first-order valence-corrected chi connectivity index (χ1v) is 4.28. The second-order valence-electron chi connectivity index (χ2n) is 3.00. The third-order valence-electron chi connectivity index (χ3n) is 1.84. The van der Waals surface area contributed by atoms with E-state index in [0.717, 1.165) is 5.56 Å². The maximum atomic E-state index is 8.66. The Morgan fingerprint density at radius 1 is 1.53 bits per heavy atom. The Bertz CT molecular complexity index is 509. The predicted octanol–water partition coefficient (Wildman–Crippen LogP) is 0.175. The molecule has 6 nitrogen and oxygen atoms in total. The lowest BCUT2D eigenvalue weighted by Gasteiger charge is -1.99. The van der Waals surface area contributed by atoms with Gasteiger partial charge in [-0.1, -0.05) is 5.21 Å². The molecule has 74 valence electrons. The summed E-state index contributed by atoms with van der Waals surface area (Å²) in [5.74, 6) is 0.379. The summed E-state index contributed by atoms with van der Waals surface area (Å²) in [6.45, 7) is 0.529. The SMILES string of the molecule is N#Cc1cc(Cn2cc(N)nn2)ccn1. The number of rotatable bonds is 2. The molecular formula is C9H8N6. The van der Waals surface area contributed by atoms with Crippen LogP contribution in [0, 0.1) is 11.3 Å². The first-order chi connectivity index (χ1) is 7.28. The third-order valence-corrected chi connectivity index (χ3v) is 1.84. The summed E-state index contributed by atoms with van der Waals surface area (Å²) in [5, 5.41) is 16.1. The van der Waals surface area contributed by atoms with Gasteiger partial charge in [0.15, 0.2) is 5.82 Å². The molecule has 0 bridgehead atoms. The van der Waals surface area contributed by atoms with E-state index in [1.807, 2.05) is 12.1 Å². The lowest BCUT2D eigenvalue weighted by molar-refractivity contribution is 0.649. The zero-order valence-corrected chi connectivity index (χ0v) is 7.83. The highest BCUT2D eigenvalue weighted by Gasteiger charge is 1.99. The Balaban J connectivity index is 2.21. The minimum Gasteiger partial charge on any atom is -0.381 e. The summed E-state index contributed by atoms with van der Waals surface area (Å²) >= 11 is 0. The lowest BCUT2D eigenvalue weighted by atomic mass is 10.2. The first-order valence-electron chi connectivity index (χ1n) is 4.28. The van der Waals surface area contributed by atoms with Crippen LogP contribution < -0.4 is 5.73 Å². The lowest BCUT2D eigenvalue weighted by Crippen LogP contribution is -2.01. The van der Waals surface area contributed by atoms with E-state index < -0.39 is 0 Å². The number of nitriles is 1. The highest BCUT2D eigenvalue weighted by Crippen LogP contribution is 2.04. The predicted molar refractivity (Wildman–Crippen MR) is 52.5 cm³/mol. The quantitative estimate of drug-likeness (QED) is 0.746. The Kier molecular flexibility index (Phi) is 2.29. The van der Waals surface area contributed by atoms with Gasteiger partial charge in [-0.3, -0.25) is 0 Å². The number of hydrogen-bond acceptors (Lipinski definition) is 5. The molecule has 0 aromatic carbocycles. The number of hydrogen-bond donors (Lipinski definition) is 1. The van der Waals surface area contributed by atoms with Gasteiger partial charge in [-0.05, 0) is 17.7 Å². The maximum absolute atomic E-state index is 8.66. The topological polar surface area (TPSA) is 93.4 Å². The van der Waals surface area contributed by atoms with Crippen molar-refractivity contribution in [1.82, 2.24) is 20.0 Å². The largest absolute Gasteiger partial charge is 0.381 e. The Morgan fingerprint density at radius 2 is 2.40 bits per heavy atom. The highest BCUT2D eigenvalue weighted by molar-refractivity contribution is 5.26. The van der Waals surface area contributed by atoms with Crippen LogP contribution in [0.4, 0.5) is 5.82 Å². The van der Waals surface area contributed by atoms with Gasteiger partial charge in [-0.2, -0.15) is 5.26 Å². The van der Waals surface area contributed by atoms with E-state index in [2.05, 4.69) is 15.3 Å². The Morgan fingerprint density at radius 3 is 3.07 bits per heavy atom. The van der Waals surface area contributed by atoms with Crippen LogP contribution in [0.3, 0.4) is 0 Å². The second-order valence-corrected chi connectivity index (χ2v) is 3.00. The molecule has 0 aliphatic carbocycles. The van der Waals surface area contributed by atoms with Gasteiger partial charge < -0.3 is 5.73 Å². The Labute approximate surface area is 86.0 Å². The minimum absolute atomic E-state index is 0.379. The molecule has 2 aromatic heterocycles. The number of nitrogens with two attached hydrogens (primary N) is 1. The molecule has 0 saturated carbocycles. The summed E-state index contributed by atoms with van der Waals surface area (Å²) in [4.78, 5) is 3.87. The number of pyridine rings is 1. The smallest absolute Gasteiger partial charge is 0.165 e. The standard InChI is InChI=1S/C9H8N6/c10-4-8-3-7(1-2-12-8)5-15-6-9(11)13-14-15/h1-3,6H,5,11H2. The van der Waals surface area contributed by atoms with Gasteiger partial charge >= 0.3 is 0 Å². The molecule has 0 fully saturated rings. The number of aromatic nitrogens is 4. The molecule has 0 atom stereocenters. The second kappa shape index (κ2) is 3.75. The van der Waals surface area contributed by atoms with E-state index in [0.29, 0.717) is 18.1 Å². The fraction of sp³-hybridized carbons (Fsp3) is 0.111. The van der Waals surface area contributed by atoms with Crippen molar-refractivity contribution in [2.24, 2.45) is 0 Å². The van der Waals surface area contributed by atoms with Gasteiger partial charge in [0.25, 0.3) is 0 Å². The van der Waals surface area contributed by atoms with E-state index in [4.69, 9.17) is 11.0 Å². The average Bonchev–Trinajstić information content (AvgIpc) is 2.64. The number of nitrogens with zero attached hydrogens (tertiary/aromatic N) is 5. The fourth-order valence-corrected chi connectivity index (χ4v) is 1.21. The molecule has 0 saturated heterocycles. The van der Waals surface area contributed by atoms with Gasteiger partial charge in [0.05, 0.1) is 12.7 Å². The molecule has 2 N–H and O–H groups in total. The van der Waals surface area contributed by atoms with Crippen LogP contribution in [-0.4, -0.2) is 20.0 Å². The zero-order chi connectivity index (χ0) is 10.7. The van der Waals surface area contributed by atoms with Crippen LogP contribution in [0.2, 0.25) is 0 Å². The molecule has 15 heavy (non-hydrogen) atoms. The van der Waals surface area contributed by atoms with Crippen LogP contribution in [0.15, 0.2) is 24.5 Å². The van der Waals surface area contributed by atoms with Crippen molar-refractivity contribution < 1.29 is 0 Å². The van der Waals surface area contributed by atoms with Crippen molar-refractivity contribution in [2.45, 2.75) is 6.54 Å². The molecule has 2 rings (SSSR count). The monoisotopic (exact) mass is 200 g/mol. The highest BCUT2D eigenvalue weighted by atomic mass is 15.4. The minimum atomic E-state index is 0.379. The average molecular weight is 200 g/mol. The van der Waals surface area contributed by atoms with Crippen molar-refractivity contribution >= 4 is 5.82 Å². The molecule has 0 unspecified atom stereocenters. The van der Waals surface area contributed by atoms with Gasteiger partial charge in [0.1, 0.15) is 11.8 Å². The fourth-order valence-electron chi connectivity index (χ4n) is 1.21. The summed E-state index contributed by atoms with van der Waals surface area (Å²) in [7, 11) is 0. The maximum Gasteiger partial charge on any atom is 0.165 e. The van der Waals surface area contributed by atoms with Crippen LogP contribution in [0.5, 0.6) is 0 Å². The van der Waals surface area contributed by atoms with Gasteiger partial charge in [-0.15, -0.1) is 5.10 Å². The summed E-state index contributed by atoms with van der Waals surface area (Å²) in [6, 6.07) is 5.50. The first kappa shape index (κ1) is 9.15. The van der Waals surface area contributed by atoms with Crippen molar-refractivity contribution in [3.8, 4) is 6.07 Å². The van der Waals surface area contributed by atoms with E-state index in [1.165, 1.54) is 0 Å². The van der Waals surface area contributed by atoms with Crippen LogP contribution in [0.1, 0.15) is 11.3 Å². The third kappa shape index (κ3) is 2.08. The molecule has 0 aliphatic rings. The van der Waals surface area contributed by atoms with E-state index in [-0.39, 0.29) is 0 Å². The zero-order valence-electron chi connectivity index (χ0n) is 7.83. The summed E-state index contributed by atoms with van der Waals surface area (Å²) < 4.78 is 1.60. The summed E-state index contributed by atoms with van der Waals surface area (Å²) in [6.07, 6.45) is 3.22. The van der Waals surface area contributed by atoms with Crippen LogP contribution >= 0.6 is 0 Å². The Hall–Kier alpha value is -2.42. The molecule has 0 aliphatic heterocycles. The van der Waals surface area contributed by atoms with Crippen molar-refractivity contribution in [3.63, 3.8) is 0 Å². The molecule has 0 amide bonds. The molecule has 0 radical (unpaired) electrons. The molecule has 0 spiro atoms. The van der Waals surface area contributed by atoms with E-state index >= 15 is 0 Å². The number of anilines is 1. The molecular weight excluding hydrogens is 192 g/mol. The number of nitrogen functional groups attached to an aromatic ring is 1. The van der Waals surface area contributed by atoms with Gasteiger partial charge in [0, 0.05) is 6.20 Å². The van der Waals surface area contributed by atoms with Crippen LogP contribution in [-0.2, 0) is 6.54 Å². The van der Waals surface area contributed by atoms with Crippen molar-refractivity contribution in [1.29, 1.82) is 5.26 Å². The normalized spacial score (nSPS) is 9.80. The van der Waals surface area contributed by atoms with Crippen molar-refractivity contribution in [2.75, 3.05) is 5.73 Å². The molecule has 6 heteroatoms.